The summed E-state index contributed by atoms with van der Waals surface area (Å²) in [6.45, 7) is 3.52. The molecular weight excluding hydrogens is 270 g/mol. The van der Waals surface area contributed by atoms with Crippen LogP contribution < -0.4 is 10.5 Å². The van der Waals surface area contributed by atoms with Gasteiger partial charge in [0.15, 0.2) is 0 Å². The number of piperazine rings is 1. The molecule has 2 rings (SSSR count). The molecule has 1 aliphatic heterocycles. The van der Waals surface area contributed by atoms with Crippen molar-refractivity contribution < 1.29 is 14.3 Å². The highest BCUT2D eigenvalue weighted by molar-refractivity contribution is 5.94. The fourth-order valence-corrected chi connectivity index (χ4v) is 2.38. The maximum Gasteiger partial charge on any atom is 0.254 e. The molecule has 21 heavy (non-hydrogen) atoms. The Balaban J connectivity index is 1.89. The second-order valence-corrected chi connectivity index (χ2v) is 5.08. The van der Waals surface area contributed by atoms with Gasteiger partial charge >= 0.3 is 0 Å². The summed E-state index contributed by atoms with van der Waals surface area (Å²) in [5, 5.41) is 0. The number of nitrogens with two attached hydrogens (primary N) is 1. The zero-order valence-corrected chi connectivity index (χ0v) is 12.2. The largest absolute Gasteiger partial charge is 0.497 e. The van der Waals surface area contributed by atoms with Crippen molar-refractivity contribution in [3.05, 3.63) is 29.8 Å². The van der Waals surface area contributed by atoms with Gasteiger partial charge in [-0.1, -0.05) is 6.07 Å². The van der Waals surface area contributed by atoms with Gasteiger partial charge in [-0.25, -0.2) is 0 Å². The number of nitrogens with zero attached hydrogens (tertiary/aromatic N) is 2. The Bertz CT molecular complexity index is 511. The summed E-state index contributed by atoms with van der Waals surface area (Å²) in [7, 11) is 1.58. The van der Waals surface area contributed by atoms with Gasteiger partial charge in [-0.3, -0.25) is 14.5 Å². The van der Waals surface area contributed by atoms with Crippen LogP contribution in [0, 0.1) is 0 Å². The van der Waals surface area contributed by atoms with Crippen LogP contribution in [0.3, 0.4) is 0 Å². The summed E-state index contributed by atoms with van der Waals surface area (Å²) in [6.07, 6.45) is 0.365. The molecule has 0 atom stereocenters. The van der Waals surface area contributed by atoms with Crippen molar-refractivity contribution in [2.75, 3.05) is 39.8 Å². The molecule has 2 N–H and O–H groups in total. The van der Waals surface area contributed by atoms with E-state index in [1.165, 1.54) is 0 Å². The molecule has 0 aliphatic carbocycles. The van der Waals surface area contributed by atoms with E-state index in [4.69, 9.17) is 10.5 Å². The lowest BCUT2D eigenvalue weighted by molar-refractivity contribution is -0.118. The number of benzene rings is 1. The molecule has 0 unspecified atom stereocenters. The van der Waals surface area contributed by atoms with Gasteiger partial charge in [0.2, 0.25) is 5.91 Å². The Labute approximate surface area is 124 Å². The highest BCUT2D eigenvalue weighted by Gasteiger charge is 2.22. The summed E-state index contributed by atoms with van der Waals surface area (Å²) in [5.74, 6) is 0.411. The van der Waals surface area contributed by atoms with Gasteiger partial charge < -0.3 is 15.4 Å². The van der Waals surface area contributed by atoms with Gasteiger partial charge in [-0.15, -0.1) is 0 Å². The molecule has 114 valence electrons. The summed E-state index contributed by atoms with van der Waals surface area (Å²) >= 11 is 0. The Kier molecular flexibility index (Phi) is 5.16. The maximum absolute atomic E-state index is 12.4. The van der Waals surface area contributed by atoms with Crippen LogP contribution in [-0.2, 0) is 4.79 Å². The molecule has 1 aliphatic rings. The second-order valence-electron chi connectivity index (χ2n) is 5.08. The van der Waals surface area contributed by atoms with Crippen LogP contribution in [0.15, 0.2) is 24.3 Å². The Morgan fingerprint density at radius 1 is 1.24 bits per heavy atom. The van der Waals surface area contributed by atoms with Gasteiger partial charge in [0.25, 0.3) is 5.91 Å². The van der Waals surface area contributed by atoms with Crippen LogP contribution in [0.25, 0.3) is 0 Å². The van der Waals surface area contributed by atoms with E-state index in [2.05, 4.69) is 4.90 Å². The number of methoxy groups -OCH3 is 1. The van der Waals surface area contributed by atoms with E-state index < -0.39 is 0 Å². The van der Waals surface area contributed by atoms with E-state index in [-0.39, 0.29) is 11.8 Å². The van der Waals surface area contributed by atoms with Crippen LogP contribution in [-0.4, -0.2) is 61.4 Å². The fourth-order valence-electron chi connectivity index (χ4n) is 2.38. The number of carbonyl (C=O) groups is 2. The van der Waals surface area contributed by atoms with E-state index in [1.54, 1.807) is 19.2 Å². The SMILES string of the molecule is COc1cccc(C(=O)N2CCN(CCC(N)=O)CC2)c1. The predicted molar refractivity (Wildman–Crippen MR) is 79.1 cm³/mol. The molecule has 2 amide bonds. The molecule has 6 nitrogen and oxygen atoms in total. The van der Waals surface area contributed by atoms with Crippen molar-refractivity contribution in [1.29, 1.82) is 0 Å². The summed E-state index contributed by atoms with van der Waals surface area (Å²) in [5.41, 5.74) is 5.79. The number of rotatable bonds is 5. The van der Waals surface area contributed by atoms with Crippen LogP contribution in [0.1, 0.15) is 16.8 Å². The smallest absolute Gasteiger partial charge is 0.254 e. The maximum atomic E-state index is 12.4. The highest BCUT2D eigenvalue weighted by atomic mass is 16.5. The molecule has 1 saturated heterocycles. The normalized spacial score (nSPS) is 15.8. The number of primary amides is 1. The van der Waals surface area contributed by atoms with Crippen molar-refractivity contribution in [2.24, 2.45) is 5.73 Å². The van der Waals surface area contributed by atoms with Gasteiger partial charge in [0, 0.05) is 44.7 Å². The first-order valence-corrected chi connectivity index (χ1v) is 7.04. The number of amides is 2. The molecule has 1 aromatic carbocycles. The molecular formula is C15H21N3O3. The molecule has 0 radical (unpaired) electrons. The van der Waals surface area contributed by atoms with E-state index >= 15 is 0 Å². The molecule has 0 aromatic heterocycles. The average molecular weight is 291 g/mol. The van der Waals surface area contributed by atoms with E-state index in [9.17, 15) is 9.59 Å². The summed E-state index contributed by atoms with van der Waals surface area (Å²) < 4.78 is 5.14. The average Bonchev–Trinajstić information content (AvgIpc) is 2.52. The first kappa shape index (κ1) is 15.3. The lowest BCUT2D eigenvalue weighted by Crippen LogP contribution is -2.49. The topological polar surface area (TPSA) is 75.9 Å². The highest BCUT2D eigenvalue weighted by Crippen LogP contribution is 2.15. The van der Waals surface area contributed by atoms with E-state index in [1.807, 2.05) is 17.0 Å². The monoisotopic (exact) mass is 291 g/mol. The molecule has 0 saturated carbocycles. The van der Waals surface area contributed by atoms with Crippen molar-refractivity contribution >= 4 is 11.8 Å². The molecule has 6 heteroatoms. The number of carbonyl (C=O) groups excluding carboxylic acids is 2. The van der Waals surface area contributed by atoms with Crippen LogP contribution in [0.2, 0.25) is 0 Å². The van der Waals surface area contributed by atoms with Crippen molar-refractivity contribution in [3.63, 3.8) is 0 Å². The van der Waals surface area contributed by atoms with Crippen LogP contribution in [0.4, 0.5) is 0 Å². The van der Waals surface area contributed by atoms with Gasteiger partial charge in [0.1, 0.15) is 5.75 Å². The lowest BCUT2D eigenvalue weighted by atomic mass is 10.1. The third-order valence-corrected chi connectivity index (χ3v) is 3.65. The minimum absolute atomic E-state index is 0.0171. The molecule has 0 spiro atoms. The van der Waals surface area contributed by atoms with E-state index in [0.717, 1.165) is 13.1 Å². The first-order valence-electron chi connectivity index (χ1n) is 7.04. The van der Waals surface area contributed by atoms with Gasteiger partial charge in [-0.05, 0) is 18.2 Å². The summed E-state index contributed by atoms with van der Waals surface area (Å²) in [6, 6.07) is 7.18. The number of hydrogen-bond donors (Lipinski definition) is 1. The van der Waals surface area contributed by atoms with E-state index in [0.29, 0.717) is 37.4 Å². The number of hydrogen-bond acceptors (Lipinski definition) is 4. The molecule has 1 aromatic rings. The lowest BCUT2D eigenvalue weighted by Gasteiger charge is -2.34. The minimum Gasteiger partial charge on any atom is -0.497 e. The van der Waals surface area contributed by atoms with Gasteiger partial charge in [0.05, 0.1) is 7.11 Å². The Morgan fingerprint density at radius 2 is 1.95 bits per heavy atom. The van der Waals surface area contributed by atoms with Crippen molar-refractivity contribution in [1.82, 2.24) is 9.80 Å². The number of ether oxygens (including phenoxy) is 1. The Morgan fingerprint density at radius 3 is 2.57 bits per heavy atom. The quantitative estimate of drug-likeness (QED) is 0.848. The molecule has 1 heterocycles. The van der Waals surface area contributed by atoms with Gasteiger partial charge in [-0.2, -0.15) is 0 Å². The summed E-state index contributed by atoms with van der Waals surface area (Å²) in [4.78, 5) is 27.2. The minimum atomic E-state index is -0.287. The van der Waals surface area contributed by atoms with Crippen LogP contribution >= 0.6 is 0 Å². The third-order valence-electron chi connectivity index (χ3n) is 3.65. The standard InChI is InChI=1S/C15H21N3O3/c1-21-13-4-2-3-12(11-13)15(20)18-9-7-17(8-10-18)6-5-14(16)19/h2-4,11H,5-10H2,1H3,(H2,16,19). The molecule has 0 bridgehead atoms. The zero-order valence-electron chi connectivity index (χ0n) is 12.2. The molecule has 1 fully saturated rings. The van der Waals surface area contributed by atoms with Crippen molar-refractivity contribution in [2.45, 2.75) is 6.42 Å². The fraction of sp³-hybridized carbons (Fsp3) is 0.467. The van der Waals surface area contributed by atoms with Crippen LogP contribution in [0.5, 0.6) is 5.75 Å². The predicted octanol–water partition coefficient (Wildman–Crippen LogP) is 0.328. The second kappa shape index (κ2) is 7.08. The Hall–Kier alpha value is -2.08. The zero-order chi connectivity index (χ0) is 15.2. The van der Waals surface area contributed by atoms with Crippen molar-refractivity contribution in [3.8, 4) is 5.75 Å². The first-order chi connectivity index (χ1) is 10.1. The third kappa shape index (κ3) is 4.19.